The molecule has 6 heteroatoms. The molecule has 0 aliphatic heterocycles. The summed E-state index contributed by atoms with van der Waals surface area (Å²) in [5.74, 6) is 0.894. The van der Waals surface area contributed by atoms with Crippen molar-refractivity contribution >= 4 is 22.5 Å². The molecule has 1 amide bonds. The van der Waals surface area contributed by atoms with Crippen LogP contribution in [0.5, 0.6) is 0 Å². The number of nitrogens with zero attached hydrogens (tertiary/aromatic N) is 3. The van der Waals surface area contributed by atoms with Crippen molar-refractivity contribution in [1.82, 2.24) is 14.8 Å². The molecule has 0 aliphatic carbocycles. The number of benzene rings is 2. The largest absolute Gasteiger partial charge is 0.419 e. The van der Waals surface area contributed by atoms with Crippen LogP contribution in [0.2, 0.25) is 0 Å². The number of hydrogen-bond acceptors (Lipinski definition) is 4. The molecule has 0 aliphatic rings. The smallest absolute Gasteiger partial charge is 0.264 e. The van der Waals surface area contributed by atoms with Gasteiger partial charge in [-0.25, -0.2) is 0 Å². The van der Waals surface area contributed by atoms with E-state index in [1.807, 2.05) is 73.9 Å². The van der Waals surface area contributed by atoms with Crippen molar-refractivity contribution in [3.63, 3.8) is 0 Å². The van der Waals surface area contributed by atoms with Crippen molar-refractivity contribution in [2.45, 2.75) is 33.7 Å². The van der Waals surface area contributed by atoms with E-state index in [1.54, 1.807) is 0 Å². The molecule has 0 saturated carbocycles. The van der Waals surface area contributed by atoms with Crippen LogP contribution in [0.4, 0.5) is 5.69 Å². The van der Waals surface area contributed by atoms with Gasteiger partial charge in [0, 0.05) is 23.0 Å². The van der Waals surface area contributed by atoms with Crippen LogP contribution in [0.3, 0.4) is 0 Å². The highest BCUT2D eigenvalue weighted by atomic mass is 16.4. The number of rotatable bonds is 5. The Bertz CT molecular complexity index is 1160. The minimum Gasteiger partial charge on any atom is -0.419 e. The van der Waals surface area contributed by atoms with Gasteiger partial charge in [0.15, 0.2) is 0 Å². The molecule has 6 nitrogen and oxygen atoms in total. The number of amides is 1. The molecule has 142 valence electrons. The Morgan fingerprint density at radius 1 is 1.11 bits per heavy atom. The first-order chi connectivity index (χ1) is 13.5. The van der Waals surface area contributed by atoms with Crippen LogP contribution in [-0.4, -0.2) is 20.7 Å². The molecule has 0 saturated heterocycles. The van der Waals surface area contributed by atoms with Crippen LogP contribution in [-0.2, 0) is 17.8 Å². The number of carbonyl (C=O) groups excluding carboxylic acids is 1. The maximum Gasteiger partial charge on any atom is 0.264 e. The molecule has 0 unspecified atom stereocenters. The third-order valence-corrected chi connectivity index (χ3v) is 4.77. The summed E-state index contributed by atoms with van der Waals surface area (Å²) >= 11 is 0. The summed E-state index contributed by atoms with van der Waals surface area (Å²) in [6.07, 6.45) is 0.667. The van der Waals surface area contributed by atoms with Crippen LogP contribution in [0, 0.1) is 13.8 Å². The Hall–Kier alpha value is -3.41. The lowest BCUT2D eigenvalue weighted by Crippen LogP contribution is -2.19. The Labute approximate surface area is 163 Å². The van der Waals surface area contributed by atoms with Gasteiger partial charge in [0.1, 0.15) is 12.2 Å². The topological polar surface area (TPSA) is 73.0 Å². The maximum atomic E-state index is 12.8. The van der Waals surface area contributed by atoms with E-state index >= 15 is 0 Å². The SMILES string of the molecule is CCc1nnc(-c2cc3ccccc3n2CC(=O)Nc2cc(C)ccc2C)o1. The zero-order valence-corrected chi connectivity index (χ0v) is 16.2. The average Bonchev–Trinajstić information content (AvgIpc) is 3.29. The third-order valence-electron chi connectivity index (χ3n) is 4.77. The average molecular weight is 374 g/mol. The number of carbonyl (C=O) groups is 1. The van der Waals surface area contributed by atoms with Crippen LogP contribution in [0.15, 0.2) is 52.9 Å². The van der Waals surface area contributed by atoms with Crippen molar-refractivity contribution < 1.29 is 9.21 Å². The first kappa shape index (κ1) is 18.0. The molecular weight excluding hydrogens is 352 g/mol. The van der Waals surface area contributed by atoms with Gasteiger partial charge in [0.25, 0.3) is 5.89 Å². The van der Waals surface area contributed by atoms with Crippen LogP contribution in [0.25, 0.3) is 22.5 Å². The minimum absolute atomic E-state index is 0.105. The molecule has 0 atom stereocenters. The van der Waals surface area contributed by atoms with Gasteiger partial charge in [0.2, 0.25) is 11.8 Å². The summed E-state index contributed by atoms with van der Waals surface area (Å²) in [6, 6.07) is 15.9. The molecule has 0 fully saturated rings. The first-order valence-electron chi connectivity index (χ1n) is 9.33. The molecule has 4 rings (SSSR count). The summed E-state index contributed by atoms with van der Waals surface area (Å²) in [5.41, 5.74) is 4.65. The first-order valence-corrected chi connectivity index (χ1v) is 9.33. The Balaban J connectivity index is 1.70. The molecule has 28 heavy (non-hydrogen) atoms. The predicted octanol–water partition coefficient (Wildman–Crippen LogP) is 4.51. The molecular formula is C22H22N4O2. The molecule has 2 aromatic heterocycles. The summed E-state index contributed by atoms with van der Waals surface area (Å²) in [6.45, 7) is 6.11. The van der Waals surface area contributed by atoms with Crippen LogP contribution >= 0.6 is 0 Å². The molecule has 2 aromatic carbocycles. The van der Waals surface area contributed by atoms with Crippen molar-refractivity contribution in [1.29, 1.82) is 0 Å². The van der Waals surface area contributed by atoms with E-state index in [4.69, 9.17) is 4.42 Å². The highest BCUT2D eigenvalue weighted by Gasteiger charge is 2.18. The number of fused-ring (bicyclic) bond motifs is 1. The quantitative estimate of drug-likeness (QED) is 0.558. The number of hydrogen-bond donors (Lipinski definition) is 1. The molecule has 1 N–H and O–H groups in total. The molecule has 0 radical (unpaired) electrons. The molecule has 2 heterocycles. The monoisotopic (exact) mass is 374 g/mol. The van der Waals surface area contributed by atoms with E-state index in [9.17, 15) is 4.79 Å². The summed E-state index contributed by atoms with van der Waals surface area (Å²) in [7, 11) is 0. The zero-order valence-electron chi connectivity index (χ0n) is 16.2. The second kappa shape index (κ2) is 7.31. The second-order valence-corrected chi connectivity index (χ2v) is 6.90. The lowest BCUT2D eigenvalue weighted by molar-refractivity contribution is -0.116. The van der Waals surface area contributed by atoms with E-state index in [1.165, 1.54) is 0 Å². The molecule has 4 aromatic rings. The molecule has 0 spiro atoms. The normalized spacial score (nSPS) is 11.1. The standard InChI is InChI=1S/C22H22N4O2/c1-4-21-24-25-22(28-21)19-12-16-7-5-6-8-18(16)26(19)13-20(27)23-17-11-14(2)9-10-15(17)3/h5-12H,4,13H2,1-3H3,(H,23,27). The lowest BCUT2D eigenvalue weighted by atomic mass is 10.1. The Morgan fingerprint density at radius 2 is 1.93 bits per heavy atom. The predicted molar refractivity (Wildman–Crippen MR) is 109 cm³/mol. The number of anilines is 1. The van der Waals surface area contributed by atoms with Crippen molar-refractivity contribution in [3.8, 4) is 11.6 Å². The summed E-state index contributed by atoms with van der Waals surface area (Å²) < 4.78 is 7.67. The van der Waals surface area contributed by atoms with E-state index in [-0.39, 0.29) is 12.5 Å². The van der Waals surface area contributed by atoms with Gasteiger partial charge in [0.05, 0.1) is 0 Å². The Kier molecular flexibility index (Phi) is 4.69. The third kappa shape index (κ3) is 3.41. The fourth-order valence-electron chi connectivity index (χ4n) is 3.26. The summed E-state index contributed by atoms with van der Waals surface area (Å²) in [4.78, 5) is 12.8. The van der Waals surface area contributed by atoms with E-state index < -0.39 is 0 Å². The van der Waals surface area contributed by atoms with Crippen LogP contribution in [0.1, 0.15) is 23.9 Å². The van der Waals surface area contributed by atoms with E-state index in [2.05, 4.69) is 15.5 Å². The zero-order chi connectivity index (χ0) is 19.7. The van der Waals surface area contributed by atoms with Crippen molar-refractivity contribution in [2.24, 2.45) is 0 Å². The number of para-hydroxylation sites is 1. The van der Waals surface area contributed by atoms with E-state index in [0.29, 0.717) is 18.2 Å². The second-order valence-electron chi connectivity index (χ2n) is 6.90. The number of aryl methyl sites for hydroxylation is 3. The van der Waals surface area contributed by atoms with Gasteiger partial charge in [-0.2, -0.15) is 0 Å². The molecule has 0 bridgehead atoms. The number of nitrogens with one attached hydrogen (secondary N) is 1. The van der Waals surface area contributed by atoms with Gasteiger partial charge in [-0.1, -0.05) is 37.3 Å². The maximum absolute atomic E-state index is 12.8. The van der Waals surface area contributed by atoms with E-state index in [0.717, 1.165) is 33.4 Å². The van der Waals surface area contributed by atoms with Gasteiger partial charge in [-0.05, 0) is 43.2 Å². The van der Waals surface area contributed by atoms with Gasteiger partial charge in [-0.15, -0.1) is 10.2 Å². The van der Waals surface area contributed by atoms with Crippen LogP contribution < -0.4 is 5.32 Å². The number of aromatic nitrogens is 3. The lowest BCUT2D eigenvalue weighted by Gasteiger charge is -2.12. The highest BCUT2D eigenvalue weighted by Crippen LogP contribution is 2.28. The fourth-order valence-corrected chi connectivity index (χ4v) is 3.26. The minimum atomic E-state index is -0.105. The highest BCUT2D eigenvalue weighted by molar-refractivity contribution is 5.94. The summed E-state index contributed by atoms with van der Waals surface area (Å²) in [5, 5.41) is 12.3. The van der Waals surface area contributed by atoms with Crippen molar-refractivity contribution in [2.75, 3.05) is 5.32 Å². The fraction of sp³-hybridized carbons (Fsp3) is 0.227. The van der Waals surface area contributed by atoms with Gasteiger partial charge >= 0.3 is 0 Å². The van der Waals surface area contributed by atoms with Gasteiger partial charge < -0.3 is 14.3 Å². The Morgan fingerprint density at radius 3 is 2.71 bits per heavy atom. The van der Waals surface area contributed by atoms with Gasteiger partial charge in [-0.3, -0.25) is 4.79 Å². The van der Waals surface area contributed by atoms with Crippen molar-refractivity contribution in [3.05, 3.63) is 65.5 Å².